The lowest BCUT2D eigenvalue weighted by Gasteiger charge is -1.97. The zero-order valence-corrected chi connectivity index (χ0v) is 7.88. The van der Waals surface area contributed by atoms with Crippen molar-refractivity contribution in [3.05, 3.63) is 5.82 Å². The van der Waals surface area contributed by atoms with Crippen molar-refractivity contribution < 1.29 is 8.42 Å². The molecule has 68 valence electrons. The summed E-state index contributed by atoms with van der Waals surface area (Å²) in [6.45, 7) is 1.87. The van der Waals surface area contributed by atoms with Crippen LogP contribution in [-0.4, -0.2) is 34.4 Å². The number of tetrazole rings is 1. The second-order valence-corrected chi connectivity index (χ2v) is 5.09. The van der Waals surface area contributed by atoms with Crippen LogP contribution in [0.25, 0.3) is 0 Å². The average molecular weight is 211 g/mol. The lowest BCUT2D eigenvalue weighted by atomic mass is 10.6. The largest absolute Gasteiger partial charge is 0.234 e. The molecule has 0 saturated carbocycles. The maximum atomic E-state index is 10.5. The maximum Gasteiger partial charge on any atom is 0.234 e. The Labute approximate surface area is 73.9 Å². The quantitative estimate of drug-likeness (QED) is 0.632. The minimum atomic E-state index is -3.46. The molecular formula is C4H7ClN4O2S. The molecule has 0 radical (unpaired) electrons. The van der Waals surface area contributed by atoms with Gasteiger partial charge in [-0.05, 0) is 17.4 Å². The molecule has 0 saturated heterocycles. The summed E-state index contributed by atoms with van der Waals surface area (Å²) in [5.41, 5.74) is 0. The van der Waals surface area contributed by atoms with Gasteiger partial charge in [0, 0.05) is 10.7 Å². The summed E-state index contributed by atoms with van der Waals surface area (Å²) in [4.78, 5) is 0. The van der Waals surface area contributed by atoms with E-state index < -0.39 is 9.05 Å². The Hall–Kier alpha value is -0.690. The SMILES string of the molecule is Cc1nnnn1CCS(=O)(=O)Cl. The standard InChI is InChI=1S/C4H7ClN4O2S/c1-4-6-7-8-9(4)2-3-12(5,10)11/h2-3H2,1H3. The number of aromatic nitrogens is 4. The second-order valence-electron chi connectivity index (χ2n) is 2.19. The molecule has 0 N–H and O–H groups in total. The van der Waals surface area contributed by atoms with Gasteiger partial charge in [-0.3, -0.25) is 0 Å². The third kappa shape index (κ3) is 2.74. The van der Waals surface area contributed by atoms with Crippen LogP contribution < -0.4 is 0 Å². The van der Waals surface area contributed by atoms with Gasteiger partial charge in [0.25, 0.3) is 0 Å². The summed E-state index contributed by atoms with van der Waals surface area (Å²) in [6, 6.07) is 0. The molecule has 0 fully saturated rings. The molecule has 8 heteroatoms. The highest BCUT2D eigenvalue weighted by molar-refractivity contribution is 8.13. The Bertz CT molecular complexity index is 359. The highest BCUT2D eigenvalue weighted by Gasteiger charge is 2.07. The summed E-state index contributed by atoms with van der Waals surface area (Å²) in [5.74, 6) is 0.399. The average Bonchev–Trinajstić information content (AvgIpc) is 2.29. The molecule has 1 rings (SSSR count). The van der Waals surface area contributed by atoms with E-state index in [1.807, 2.05) is 0 Å². The predicted molar refractivity (Wildman–Crippen MR) is 42.2 cm³/mol. The Morgan fingerprint density at radius 1 is 1.58 bits per heavy atom. The Balaban J connectivity index is 2.61. The van der Waals surface area contributed by atoms with Gasteiger partial charge in [0.05, 0.1) is 12.3 Å². The van der Waals surface area contributed by atoms with Gasteiger partial charge in [-0.15, -0.1) is 5.10 Å². The van der Waals surface area contributed by atoms with Crippen LogP contribution in [0.1, 0.15) is 5.82 Å². The fourth-order valence-electron chi connectivity index (χ4n) is 0.651. The topological polar surface area (TPSA) is 77.7 Å². The van der Waals surface area contributed by atoms with E-state index in [1.165, 1.54) is 4.68 Å². The number of hydrogen-bond acceptors (Lipinski definition) is 5. The molecule has 0 aliphatic carbocycles. The summed E-state index contributed by atoms with van der Waals surface area (Å²) < 4.78 is 22.4. The summed E-state index contributed by atoms with van der Waals surface area (Å²) in [5, 5.41) is 10.5. The minimum absolute atomic E-state index is 0.166. The molecule has 0 unspecified atom stereocenters. The number of halogens is 1. The second kappa shape index (κ2) is 3.36. The predicted octanol–water partition coefficient (Wildman–Crippen LogP) is -0.450. The van der Waals surface area contributed by atoms with Gasteiger partial charge in [0.2, 0.25) is 9.05 Å². The van der Waals surface area contributed by atoms with Crippen molar-refractivity contribution in [2.24, 2.45) is 0 Å². The van der Waals surface area contributed by atoms with Crippen molar-refractivity contribution in [1.29, 1.82) is 0 Å². The molecule has 0 atom stereocenters. The molecule has 0 aromatic carbocycles. The highest BCUT2D eigenvalue weighted by atomic mass is 35.7. The first-order valence-electron chi connectivity index (χ1n) is 3.14. The van der Waals surface area contributed by atoms with Gasteiger partial charge in [-0.25, -0.2) is 13.1 Å². The molecule has 0 amide bonds. The summed E-state index contributed by atoms with van der Waals surface area (Å²) in [7, 11) is 1.53. The van der Waals surface area contributed by atoms with Crippen LogP contribution in [0.2, 0.25) is 0 Å². The van der Waals surface area contributed by atoms with Gasteiger partial charge in [0.15, 0.2) is 0 Å². The molecule has 1 heterocycles. The van der Waals surface area contributed by atoms with E-state index in [0.717, 1.165) is 0 Å². The fourth-order valence-corrected chi connectivity index (χ4v) is 1.25. The van der Waals surface area contributed by atoms with Crippen LogP contribution in [0.15, 0.2) is 0 Å². The molecule has 0 bridgehead atoms. The third-order valence-electron chi connectivity index (χ3n) is 1.26. The normalized spacial score (nSPS) is 11.8. The Morgan fingerprint density at radius 3 is 2.67 bits per heavy atom. The first-order chi connectivity index (χ1) is 5.49. The third-order valence-corrected chi connectivity index (χ3v) is 2.39. The van der Waals surface area contributed by atoms with Crippen LogP contribution >= 0.6 is 10.7 Å². The summed E-state index contributed by atoms with van der Waals surface area (Å²) in [6.07, 6.45) is 0. The fraction of sp³-hybridized carbons (Fsp3) is 0.750. The molecule has 0 aliphatic heterocycles. The molecule has 0 spiro atoms. The molecule has 6 nitrogen and oxygen atoms in total. The number of rotatable bonds is 3. The van der Waals surface area contributed by atoms with Gasteiger partial charge in [-0.2, -0.15) is 0 Å². The van der Waals surface area contributed by atoms with Crippen molar-refractivity contribution in [1.82, 2.24) is 20.2 Å². The van der Waals surface area contributed by atoms with E-state index in [2.05, 4.69) is 15.5 Å². The molecule has 1 aromatic rings. The number of nitrogens with zero attached hydrogens (tertiary/aromatic N) is 4. The molecule has 0 aliphatic rings. The van der Waals surface area contributed by atoms with Gasteiger partial charge in [-0.1, -0.05) is 0 Å². The van der Waals surface area contributed by atoms with Crippen LogP contribution in [-0.2, 0) is 15.6 Å². The van der Waals surface area contributed by atoms with Gasteiger partial charge in [0.1, 0.15) is 5.82 Å². The minimum Gasteiger partial charge on any atom is -0.229 e. The van der Waals surface area contributed by atoms with E-state index in [-0.39, 0.29) is 12.3 Å². The van der Waals surface area contributed by atoms with E-state index in [9.17, 15) is 8.42 Å². The Morgan fingerprint density at radius 2 is 2.25 bits per heavy atom. The van der Waals surface area contributed by atoms with Crippen molar-refractivity contribution in [3.8, 4) is 0 Å². The van der Waals surface area contributed by atoms with Crippen molar-refractivity contribution in [2.75, 3.05) is 5.75 Å². The smallest absolute Gasteiger partial charge is 0.229 e. The van der Waals surface area contributed by atoms with Crippen LogP contribution in [0, 0.1) is 6.92 Å². The monoisotopic (exact) mass is 210 g/mol. The van der Waals surface area contributed by atoms with Crippen molar-refractivity contribution >= 4 is 19.7 Å². The molecule has 12 heavy (non-hydrogen) atoms. The first-order valence-corrected chi connectivity index (χ1v) is 5.62. The van der Waals surface area contributed by atoms with Crippen LogP contribution in [0.3, 0.4) is 0 Å². The Kier molecular flexibility index (Phi) is 2.63. The zero-order chi connectivity index (χ0) is 9.19. The zero-order valence-electron chi connectivity index (χ0n) is 6.31. The van der Waals surface area contributed by atoms with E-state index >= 15 is 0 Å². The summed E-state index contributed by atoms with van der Waals surface area (Å²) >= 11 is 0. The van der Waals surface area contributed by atoms with E-state index in [0.29, 0.717) is 5.82 Å². The molecular weight excluding hydrogens is 204 g/mol. The van der Waals surface area contributed by atoms with Gasteiger partial charge < -0.3 is 0 Å². The van der Waals surface area contributed by atoms with E-state index in [4.69, 9.17) is 10.7 Å². The van der Waals surface area contributed by atoms with Crippen LogP contribution in [0.5, 0.6) is 0 Å². The lowest BCUT2D eigenvalue weighted by Crippen LogP contribution is -2.10. The lowest BCUT2D eigenvalue weighted by molar-refractivity contribution is 0.580. The van der Waals surface area contributed by atoms with Crippen molar-refractivity contribution in [2.45, 2.75) is 13.5 Å². The maximum absolute atomic E-state index is 10.5. The van der Waals surface area contributed by atoms with Crippen LogP contribution in [0.4, 0.5) is 0 Å². The van der Waals surface area contributed by atoms with Gasteiger partial charge >= 0.3 is 0 Å². The molecule has 1 aromatic heterocycles. The highest BCUT2D eigenvalue weighted by Crippen LogP contribution is 1.98. The van der Waals surface area contributed by atoms with E-state index in [1.54, 1.807) is 6.92 Å². The van der Waals surface area contributed by atoms with Crippen molar-refractivity contribution in [3.63, 3.8) is 0 Å². The number of hydrogen-bond donors (Lipinski definition) is 0. The first kappa shape index (κ1) is 9.40. The number of aryl methyl sites for hydroxylation is 2.